The smallest absolute Gasteiger partial charge is 0.353 e. The number of piperazine rings is 1. The predicted molar refractivity (Wildman–Crippen MR) is 100 cm³/mol. The van der Waals surface area contributed by atoms with Crippen LogP contribution in [0.1, 0.15) is 42.4 Å². The molecule has 1 saturated heterocycles. The fourth-order valence-corrected chi connectivity index (χ4v) is 3.11. The average Bonchev–Trinajstić information content (AvgIpc) is 2.66. The molecule has 0 unspecified atom stereocenters. The molecule has 5 nitrogen and oxygen atoms in total. The number of nitrogens with zero attached hydrogens (tertiary/aromatic N) is 4. The largest absolute Gasteiger partial charge is 0.433 e. The first-order valence-electron chi connectivity index (χ1n) is 9.10. The van der Waals surface area contributed by atoms with E-state index in [-0.39, 0.29) is 17.1 Å². The summed E-state index contributed by atoms with van der Waals surface area (Å²) in [5, 5.41) is 0. The third-order valence-electron chi connectivity index (χ3n) is 4.83. The molecule has 150 valence electrons. The van der Waals surface area contributed by atoms with Gasteiger partial charge >= 0.3 is 6.18 Å². The number of hydrogen-bond donors (Lipinski definition) is 0. The van der Waals surface area contributed by atoms with Crippen LogP contribution in [0.4, 0.5) is 19.0 Å². The summed E-state index contributed by atoms with van der Waals surface area (Å²) in [6, 6.07) is 8.53. The van der Waals surface area contributed by atoms with E-state index in [2.05, 4.69) is 30.7 Å². The van der Waals surface area contributed by atoms with Gasteiger partial charge in [-0.2, -0.15) is 13.2 Å². The summed E-state index contributed by atoms with van der Waals surface area (Å²) in [5.41, 5.74) is 0.816. The molecular formula is C20H23F3N4O. The molecule has 1 amide bonds. The quantitative estimate of drug-likeness (QED) is 0.781. The summed E-state index contributed by atoms with van der Waals surface area (Å²) >= 11 is 0. The number of amides is 1. The fraction of sp³-hybridized carbons (Fsp3) is 0.450. The van der Waals surface area contributed by atoms with Crippen LogP contribution >= 0.6 is 0 Å². The first kappa shape index (κ1) is 20.1. The van der Waals surface area contributed by atoms with Crippen molar-refractivity contribution in [3.8, 4) is 0 Å². The lowest BCUT2D eigenvalue weighted by atomic mass is 9.86. The number of hydrogen-bond acceptors (Lipinski definition) is 4. The average molecular weight is 392 g/mol. The molecule has 8 heteroatoms. The highest BCUT2D eigenvalue weighted by Crippen LogP contribution is 2.29. The maximum absolute atomic E-state index is 12.8. The molecule has 0 bridgehead atoms. The standard InChI is InChI=1S/C20H23F3N4O/c1-19(2,3)15-6-4-14(5-7-15)18(28)27-10-8-26(9-11-27)17-12-16(20(21,22)23)24-13-25-17/h4-7,12-13H,8-11H2,1-3H3. The van der Waals surface area contributed by atoms with E-state index in [1.54, 1.807) is 9.80 Å². The molecule has 0 N–H and O–H groups in total. The number of carbonyl (C=O) groups is 1. The van der Waals surface area contributed by atoms with Crippen molar-refractivity contribution in [2.75, 3.05) is 31.1 Å². The van der Waals surface area contributed by atoms with Gasteiger partial charge in [-0.3, -0.25) is 4.79 Å². The lowest BCUT2D eigenvalue weighted by Crippen LogP contribution is -2.49. The maximum atomic E-state index is 12.8. The van der Waals surface area contributed by atoms with Crippen molar-refractivity contribution in [3.63, 3.8) is 0 Å². The van der Waals surface area contributed by atoms with Crippen LogP contribution in [0.2, 0.25) is 0 Å². The highest BCUT2D eigenvalue weighted by atomic mass is 19.4. The number of anilines is 1. The lowest BCUT2D eigenvalue weighted by molar-refractivity contribution is -0.141. The third-order valence-corrected chi connectivity index (χ3v) is 4.83. The molecule has 28 heavy (non-hydrogen) atoms. The van der Waals surface area contributed by atoms with Gasteiger partial charge in [0.15, 0.2) is 0 Å². The van der Waals surface area contributed by atoms with E-state index in [1.807, 2.05) is 24.3 Å². The van der Waals surface area contributed by atoms with Gasteiger partial charge in [-0.05, 0) is 23.1 Å². The Labute approximate surface area is 162 Å². The topological polar surface area (TPSA) is 49.3 Å². The number of alkyl halides is 3. The molecule has 0 aliphatic carbocycles. The van der Waals surface area contributed by atoms with Gasteiger partial charge in [0.25, 0.3) is 5.91 Å². The second kappa shape index (κ2) is 7.41. The third kappa shape index (κ3) is 4.43. The lowest BCUT2D eigenvalue weighted by Gasteiger charge is -2.35. The zero-order valence-corrected chi connectivity index (χ0v) is 16.1. The van der Waals surface area contributed by atoms with Crippen LogP contribution < -0.4 is 4.90 Å². The van der Waals surface area contributed by atoms with Crippen LogP contribution in [-0.4, -0.2) is 47.0 Å². The van der Waals surface area contributed by atoms with Crippen molar-refractivity contribution < 1.29 is 18.0 Å². The molecule has 1 aromatic heterocycles. The zero-order chi connectivity index (χ0) is 20.5. The number of rotatable bonds is 2. The summed E-state index contributed by atoms with van der Waals surface area (Å²) in [5.74, 6) is 0.155. The predicted octanol–water partition coefficient (Wildman–Crippen LogP) is 3.76. The molecule has 1 aliphatic heterocycles. The van der Waals surface area contributed by atoms with Gasteiger partial charge in [0, 0.05) is 37.8 Å². The molecule has 0 atom stereocenters. The Balaban J connectivity index is 1.64. The zero-order valence-electron chi connectivity index (χ0n) is 16.1. The van der Waals surface area contributed by atoms with Gasteiger partial charge in [-0.1, -0.05) is 32.9 Å². The van der Waals surface area contributed by atoms with E-state index < -0.39 is 11.9 Å². The van der Waals surface area contributed by atoms with Crippen LogP contribution in [0.25, 0.3) is 0 Å². The monoisotopic (exact) mass is 392 g/mol. The Morgan fingerprint density at radius 3 is 2.11 bits per heavy atom. The molecular weight excluding hydrogens is 369 g/mol. The van der Waals surface area contributed by atoms with Gasteiger partial charge in [-0.15, -0.1) is 0 Å². The van der Waals surface area contributed by atoms with Gasteiger partial charge in [0.1, 0.15) is 17.8 Å². The number of aromatic nitrogens is 2. The van der Waals surface area contributed by atoms with E-state index in [1.165, 1.54) is 0 Å². The van der Waals surface area contributed by atoms with E-state index in [0.29, 0.717) is 31.7 Å². The number of benzene rings is 1. The van der Waals surface area contributed by atoms with Gasteiger partial charge in [0.2, 0.25) is 0 Å². The molecule has 1 aromatic carbocycles. The maximum Gasteiger partial charge on any atom is 0.433 e. The molecule has 0 saturated carbocycles. The van der Waals surface area contributed by atoms with E-state index >= 15 is 0 Å². The molecule has 1 aliphatic rings. The van der Waals surface area contributed by atoms with Crippen molar-refractivity contribution in [1.82, 2.24) is 14.9 Å². The van der Waals surface area contributed by atoms with Gasteiger partial charge < -0.3 is 9.80 Å². The van der Waals surface area contributed by atoms with E-state index in [9.17, 15) is 18.0 Å². The minimum Gasteiger partial charge on any atom is -0.353 e. The highest BCUT2D eigenvalue weighted by molar-refractivity contribution is 5.94. The second-order valence-corrected chi connectivity index (χ2v) is 7.87. The molecule has 2 heterocycles. The first-order chi connectivity index (χ1) is 13.1. The fourth-order valence-electron chi connectivity index (χ4n) is 3.11. The SMILES string of the molecule is CC(C)(C)c1ccc(C(=O)N2CCN(c3cc(C(F)(F)F)ncn3)CC2)cc1. The Kier molecular flexibility index (Phi) is 5.32. The van der Waals surface area contributed by atoms with E-state index in [0.717, 1.165) is 18.0 Å². The molecule has 3 rings (SSSR count). The van der Waals surface area contributed by atoms with Gasteiger partial charge in [0.05, 0.1) is 0 Å². The number of halogens is 3. The Hall–Kier alpha value is -2.64. The van der Waals surface area contributed by atoms with Crippen LogP contribution in [0.15, 0.2) is 36.7 Å². The normalized spacial score (nSPS) is 15.6. The van der Waals surface area contributed by atoms with Crippen molar-refractivity contribution in [2.24, 2.45) is 0 Å². The number of carbonyl (C=O) groups excluding carboxylic acids is 1. The van der Waals surface area contributed by atoms with Crippen molar-refractivity contribution in [3.05, 3.63) is 53.5 Å². The Bertz CT molecular complexity index is 836. The highest BCUT2D eigenvalue weighted by Gasteiger charge is 2.33. The molecule has 0 spiro atoms. The van der Waals surface area contributed by atoms with Crippen LogP contribution in [0.3, 0.4) is 0 Å². The first-order valence-corrected chi connectivity index (χ1v) is 9.10. The summed E-state index contributed by atoms with van der Waals surface area (Å²) < 4.78 is 38.5. The van der Waals surface area contributed by atoms with Crippen molar-refractivity contribution in [1.29, 1.82) is 0 Å². The summed E-state index contributed by atoms with van der Waals surface area (Å²) in [6.45, 7) is 8.01. The van der Waals surface area contributed by atoms with Crippen molar-refractivity contribution >= 4 is 11.7 Å². The summed E-state index contributed by atoms with van der Waals surface area (Å²) in [6.07, 6.45) is -3.58. The van der Waals surface area contributed by atoms with Crippen molar-refractivity contribution in [2.45, 2.75) is 32.4 Å². The molecule has 1 fully saturated rings. The second-order valence-electron chi connectivity index (χ2n) is 7.87. The Morgan fingerprint density at radius 1 is 0.964 bits per heavy atom. The molecule has 2 aromatic rings. The van der Waals surface area contributed by atoms with Crippen LogP contribution in [-0.2, 0) is 11.6 Å². The van der Waals surface area contributed by atoms with E-state index in [4.69, 9.17) is 0 Å². The summed E-state index contributed by atoms with van der Waals surface area (Å²) in [7, 11) is 0. The minimum absolute atomic E-state index is 0.0139. The summed E-state index contributed by atoms with van der Waals surface area (Å²) in [4.78, 5) is 23.4. The minimum atomic E-state index is -4.51. The van der Waals surface area contributed by atoms with Gasteiger partial charge in [-0.25, -0.2) is 9.97 Å². The molecule has 0 radical (unpaired) electrons. The van der Waals surface area contributed by atoms with Crippen LogP contribution in [0.5, 0.6) is 0 Å². The Morgan fingerprint density at radius 2 is 1.57 bits per heavy atom. The van der Waals surface area contributed by atoms with Crippen LogP contribution in [0, 0.1) is 0 Å².